The van der Waals surface area contributed by atoms with Gasteiger partial charge in [-0.05, 0) is 56.0 Å². The van der Waals surface area contributed by atoms with E-state index in [1.807, 2.05) is 20.1 Å². The average Bonchev–Trinajstić information content (AvgIpc) is 3.61. The van der Waals surface area contributed by atoms with Crippen molar-refractivity contribution in [1.29, 1.82) is 0 Å². The fourth-order valence-electron chi connectivity index (χ4n) is 8.24. The zero-order chi connectivity index (χ0) is 36.0. The number of aryl methyl sites for hydroxylation is 1. The molecule has 0 saturated heterocycles. The molecule has 3 aromatic heterocycles. The predicted molar refractivity (Wildman–Crippen MR) is 201 cm³/mol. The molecular weight excluding hydrogens is 670 g/mol. The third-order valence-corrected chi connectivity index (χ3v) is 12.9. The van der Waals surface area contributed by atoms with Crippen LogP contribution in [0.3, 0.4) is 0 Å². The molecule has 274 valence electrons. The van der Waals surface area contributed by atoms with Crippen molar-refractivity contribution in [3.8, 4) is 11.1 Å². The van der Waals surface area contributed by atoms with E-state index in [9.17, 15) is 9.59 Å². The van der Waals surface area contributed by atoms with E-state index in [4.69, 9.17) is 10.5 Å². The Kier molecular flexibility index (Phi) is 13.0. The van der Waals surface area contributed by atoms with E-state index < -0.39 is 25.8 Å². The number of aromatic nitrogens is 5. The van der Waals surface area contributed by atoms with Crippen LogP contribution in [0.5, 0.6) is 0 Å². The molecule has 2 fully saturated rings. The molecule has 13 heteroatoms. The molecule has 50 heavy (non-hydrogen) atoms. The second-order valence-electron chi connectivity index (χ2n) is 15.5. The van der Waals surface area contributed by atoms with Crippen LogP contribution in [-0.2, 0) is 22.1 Å². The molecule has 0 aliphatic heterocycles. The van der Waals surface area contributed by atoms with Gasteiger partial charge in [-0.15, -0.1) is 11.8 Å². The van der Waals surface area contributed by atoms with E-state index in [0.29, 0.717) is 53.4 Å². The number of ether oxygens (including phenoxy) is 1. The summed E-state index contributed by atoms with van der Waals surface area (Å²) in [5.74, 6) is -1.01. The highest BCUT2D eigenvalue weighted by Crippen LogP contribution is 2.48. The topological polar surface area (TPSA) is 130 Å². The number of amides is 2. The standard InChI is InChI=1S/C37H56FN7O3SSi/c1-24-31(25(2)44(43-24)22-48-19-20-50(4,5)6)28-17-18-30(41-35(28)38)42-37(47)33(29-21-40-45(23-49-3)34(29)36(39)46)32(26-13-9-7-10-14-26)27-15-11-8-12-16-27/h17-18,21,26-27,32-33H,7-16,19-20,22-23H2,1-6H3,(H2,39,46)(H,41,42,47)/t33-/m1/s1. The number of hydrogen-bond donors (Lipinski definition) is 2. The maximum Gasteiger partial charge on any atom is 0.267 e. The summed E-state index contributed by atoms with van der Waals surface area (Å²) in [7, 11) is -1.22. The molecule has 3 N–H and O–H groups in total. The molecule has 2 aliphatic rings. The van der Waals surface area contributed by atoms with Crippen LogP contribution in [-0.4, -0.2) is 57.3 Å². The number of anilines is 1. The van der Waals surface area contributed by atoms with Crippen LogP contribution in [0, 0.1) is 37.5 Å². The summed E-state index contributed by atoms with van der Waals surface area (Å²) >= 11 is 1.53. The third-order valence-electron chi connectivity index (χ3n) is 10.7. The van der Waals surface area contributed by atoms with E-state index in [1.54, 1.807) is 27.7 Å². The van der Waals surface area contributed by atoms with E-state index in [1.165, 1.54) is 24.6 Å². The van der Waals surface area contributed by atoms with Crippen LogP contribution in [0.2, 0.25) is 25.7 Å². The SMILES string of the molecule is CSCn1ncc([C@@H](C(=O)Nc2ccc(-c3c(C)nn(COCC[Si](C)(C)C)c3C)c(F)n2)C(C2CCCCC2)C2CCCCC2)c1C(N)=O. The second kappa shape index (κ2) is 17.0. The first-order valence-electron chi connectivity index (χ1n) is 18.3. The number of primary amides is 1. The lowest BCUT2D eigenvalue weighted by molar-refractivity contribution is -0.120. The van der Waals surface area contributed by atoms with Crippen molar-refractivity contribution in [3.63, 3.8) is 0 Å². The molecule has 0 unspecified atom stereocenters. The number of halogens is 1. The summed E-state index contributed by atoms with van der Waals surface area (Å²) in [6.07, 6.45) is 14.7. The molecular formula is C37H56FN7O3SSi. The number of nitrogens with two attached hydrogens (primary N) is 1. The van der Waals surface area contributed by atoms with Crippen molar-refractivity contribution in [3.05, 3.63) is 46.9 Å². The van der Waals surface area contributed by atoms with Gasteiger partial charge in [0.1, 0.15) is 18.2 Å². The third kappa shape index (κ3) is 9.06. The van der Waals surface area contributed by atoms with Gasteiger partial charge < -0.3 is 15.8 Å². The van der Waals surface area contributed by atoms with E-state index in [0.717, 1.165) is 63.1 Å². The van der Waals surface area contributed by atoms with Crippen molar-refractivity contribution in [2.24, 2.45) is 23.5 Å². The highest BCUT2D eigenvalue weighted by Gasteiger charge is 2.43. The van der Waals surface area contributed by atoms with Gasteiger partial charge in [0.05, 0.1) is 23.7 Å². The second-order valence-corrected chi connectivity index (χ2v) is 22.0. The summed E-state index contributed by atoms with van der Waals surface area (Å²) in [6, 6.07) is 4.36. The molecule has 0 aromatic carbocycles. The molecule has 0 bridgehead atoms. The quantitative estimate of drug-likeness (QED) is 0.0920. The Morgan fingerprint density at radius 1 is 1.04 bits per heavy atom. The lowest BCUT2D eigenvalue weighted by atomic mass is 9.63. The van der Waals surface area contributed by atoms with Crippen LogP contribution in [0.1, 0.15) is 97.6 Å². The van der Waals surface area contributed by atoms with Gasteiger partial charge in [-0.1, -0.05) is 83.8 Å². The van der Waals surface area contributed by atoms with Gasteiger partial charge >= 0.3 is 0 Å². The van der Waals surface area contributed by atoms with Gasteiger partial charge in [0.2, 0.25) is 11.9 Å². The zero-order valence-corrected chi connectivity index (χ0v) is 32.6. The first kappa shape index (κ1) is 38.2. The van der Waals surface area contributed by atoms with Crippen LogP contribution >= 0.6 is 11.8 Å². The number of carbonyl (C=O) groups excluding carboxylic acids is 2. The Morgan fingerprint density at radius 3 is 2.24 bits per heavy atom. The fourth-order valence-corrected chi connectivity index (χ4v) is 9.44. The number of nitrogens with one attached hydrogen (secondary N) is 1. The maximum atomic E-state index is 15.9. The van der Waals surface area contributed by atoms with Gasteiger partial charge in [0.25, 0.3) is 5.91 Å². The molecule has 2 amide bonds. The van der Waals surface area contributed by atoms with Crippen LogP contribution < -0.4 is 11.1 Å². The van der Waals surface area contributed by atoms with Crippen molar-refractivity contribution >= 4 is 37.5 Å². The van der Waals surface area contributed by atoms with E-state index in [2.05, 4.69) is 40.1 Å². The van der Waals surface area contributed by atoms with Crippen molar-refractivity contribution < 1.29 is 18.7 Å². The number of rotatable bonds is 15. The van der Waals surface area contributed by atoms with Gasteiger partial charge in [-0.2, -0.15) is 14.6 Å². The van der Waals surface area contributed by atoms with Gasteiger partial charge in [0.15, 0.2) is 0 Å². The van der Waals surface area contributed by atoms with E-state index in [-0.39, 0.29) is 23.3 Å². The van der Waals surface area contributed by atoms with Crippen molar-refractivity contribution in [2.45, 2.75) is 122 Å². The Bertz CT molecular complexity index is 1610. The highest BCUT2D eigenvalue weighted by atomic mass is 32.2. The monoisotopic (exact) mass is 725 g/mol. The zero-order valence-electron chi connectivity index (χ0n) is 30.8. The molecule has 10 nitrogen and oxygen atoms in total. The van der Waals surface area contributed by atoms with Gasteiger partial charge in [-0.3, -0.25) is 9.59 Å². The first-order chi connectivity index (χ1) is 23.9. The van der Waals surface area contributed by atoms with E-state index >= 15 is 4.39 Å². The molecule has 3 aromatic rings. The van der Waals surface area contributed by atoms with Gasteiger partial charge in [0, 0.05) is 37.1 Å². The van der Waals surface area contributed by atoms with Crippen LogP contribution in [0.25, 0.3) is 11.1 Å². The van der Waals surface area contributed by atoms with Crippen LogP contribution in [0.4, 0.5) is 10.2 Å². The number of thioether (sulfide) groups is 1. The minimum atomic E-state index is -1.22. The first-order valence-corrected chi connectivity index (χ1v) is 23.4. The summed E-state index contributed by atoms with van der Waals surface area (Å²) < 4.78 is 25.2. The van der Waals surface area contributed by atoms with Crippen molar-refractivity contribution in [2.75, 3.05) is 18.2 Å². The molecule has 0 radical (unpaired) electrons. The number of hydrogen-bond acceptors (Lipinski definition) is 7. The minimum Gasteiger partial charge on any atom is -0.364 e. The fraction of sp³-hybridized carbons (Fsp3) is 0.649. The Morgan fingerprint density at radius 2 is 1.68 bits per heavy atom. The number of carbonyl (C=O) groups is 2. The molecule has 1 atom stereocenters. The van der Waals surface area contributed by atoms with Gasteiger partial charge in [-0.25, -0.2) is 14.3 Å². The lowest BCUT2D eigenvalue weighted by Crippen LogP contribution is -2.39. The summed E-state index contributed by atoms with van der Waals surface area (Å²) in [5, 5.41) is 12.2. The molecule has 3 heterocycles. The largest absolute Gasteiger partial charge is 0.364 e. The Balaban J connectivity index is 1.46. The Labute approximate surface area is 301 Å². The summed E-state index contributed by atoms with van der Waals surface area (Å²) in [5.41, 5.74) is 9.28. The smallest absolute Gasteiger partial charge is 0.267 e. The summed E-state index contributed by atoms with van der Waals surface area (Å²) in [4.78, 5) is 31.9. The molecule has 0 spiro atoms. The highest BCUT2D eigenvalue weighted by molar-refractivity contribution is 7.97. The number of nitrogens with zero attached hydrogens (tertiary/aromatic N) is 5. The normalized spacial score (nSPS) is 17.0. The number of pyridine rings is 1. The lowest BCUT2D eigenvalue weighted by Gasteiger charge is -2.41. The minimum absolute atomic E-state index is 0.00819. The molecule has 2 saturated carbocycles. The van der Waals surface area contributed by atoms with Crippen LogP contribution in [0.15, 0.2) is 18.3 Å². The summed E-state index contributed by atoms with van der Waals surface area (Å²) in [6.45, 7) is 11.6. The molecule has 5 rings (SSSR count). The predicted octanol–water partition coefficient (Wildman–Crippen LogP) is 8.13. The average molecular weight is 726 g/mol. The van der Waals surface area contributed by atoms with Crippen molar-refractivity contribution in [1.82, 2.24) is 24.5 Å². The Hall–Kier alpha value is -3.03. The molecule has 2 aliphatic carbocycles. The maximum absolute atomic E-state index is 15.9.